The summed E-state index contributed by atoms with van der Waals surface area (Å²) in [7, 11) is 0. The van der Waals surface area contributed by atoms with Crippen LogP contribution in [0.1, 0.15) is 33.1 Å². The van der Waals surface area contributed by atoms with Crippen molar-refractivity contribution in [2.75, 3.05) is 0 Å². The second-order valence-electron chi connectivity index (χ2n) is 6.53. The van der Waals surface area contributed by atoms with E-state index in [0.717, 1.165) is 18.4 Å². The summed E-state index contributed by atoms with van der Waals surface area (Å²) in [6.45, 7) is 7.72. The van der Waals surface area contributed by atoms with Gasteiger partial charge in [-0.1, -0.05) is 35.3 Å². The zero-order valence-corrected chi connectivity index (χ0v) is 17.6. The van der Waals surface area contributed by atoms with Crippen molar-refractivity contribution in [3.05, 3.63) is 41.2 Å². The summed E-state index contributed by atoms with van der Waals surface area (Å²) < 4.78 is 72.7. The molecule has 1 nitrogen and oxygen atoms in total. The highest BCUT2D eigenvalue weighted by Crippen LogP contribution is 2.52. The molecule has 1 aromatic carbocycles. The van der Waals surface area contributed by atoms with E-state index >= 15 is 0 Å². The minimum absolute atomic E-state index is 0.212. The van der Waals surface area contributed by atoms with E-state index in [1.807, 2.05) is 13.8 Å². The molecule has 0 spiro atoms. The van der Waals surface area contributed by atoms with E-state index in [4.69, 9.17) is 16.3 Å². The van der Waals surface area contributed by atoms with Gasteiger partial charge in [-0.3, -0.25) is 0 Å². The fourth-order valence-corrected chi connectivity index (χ4v) is 6.96. The molecule has 1 aliphatic rings. The Hall–Kier alpha value is -0.0800. The lowest BCUT2D eigenvalue weighted by atomic mass is 9.77. The first-order chi connectivity index (χ1) is 12.0. The summed E-state index contributed by atoms with van der Waals surface area (Å²) >= 11 is 10.1. The molecule has 0 N–H and O–H groups in total. The fourth-order valence-electron chi connectivity index (χ4n) is 2.78. The van der Waals surface area contributed by atoms with Gasteiger partial charge < -0.3 is 4.52 Å². The summed E-state index contributed by atoms with van der Waals surface area (Å²) in [6, 6.07) is 0. The third kappa shape index (κ3) is 4.66. The Morgan fingerprint density at radius 2 is 1.69 bits per heavy atom. The van der Waals surface area contributed by atoms with Gasteiger partial charge in [0.25, 0.3) is 0 Å². The van der Waals surface area contributed by atoms with Gasteiger partial charge in [0.2, 0.25) is 5.82 Å². The Balaban J connectivity index is 2.19. The molecule has 1 aliphatic carbocycles. The SMILES string of the molecule is C=C(C)[C@@H]1CC[C@](C)(S)[C@@H](O[PH](=S)Sc2c(F)c(F)c(F)c(F)c2F)C1. The van der Waals surface area contributed by atoms with Crippen molar-refractivity contribution < 1.29 is 26.5 Å². The largest absolute Gasteiger partial charge is 0.339 e. The molecule has 0 aromatic heterocycles. The van der Waals surface area contributed by atoms with Gasteiger partial charge in [0.05, 0.1) is 11.0 Å². The molecule has 1 unspecified atom stereocenters. The highest BCUT2D eigenvalue weighted by atomic mass is 32.9. The van der Waals surface area contributed by atoms with Crippen molar-refractivity contribution in [3.63, 3.8) is 0 Å². The predicted molar refractivity (Wildman–Crippen MR) is 102 cm³/mol. The van der Waals surface area contributed by atoms with Gasteiger partial charge >= 0.3 is 0 Å². The minimum Gasteiger partial charge on any atom is -0.339 e. The zero-order valence-electron chi connectivity index (χ0n) is 14.0. The molecule has 0 radical (unpaired) electrons. The molecular weight excluding hydrogens is 430 g/mol. The predicted octanol–water partition coefficient (Wildman–Crippen LogP) is 6.43. The van der Waals surface area contributed by atoms with Crippen molar-refractivity contribution in [1.82, 2.24) is 0 Å². The highest BCUT2D eigenvalue weighted by Gasteiger charge is 2.39. The van der Waals surface area contributed by atoms with Crippen molar-refractivity contribution in [2.45, 2.75) is 48.9 Å². The lowest BCUT2D eigenvalue weighted by Crippen LogP contribution is -2.41. The molecule has 0 amide bonds. The molecular formula is C16H18F5OPS3. The van der Waals surface area contributed by atoms with E-state index in [1.54, 1.807) is 0 Å². The van der Waals surface area contributed by atoms with Gasteiger partial charge in [0.1, 0.15) is 6.13 Å². The molecule has 0 bridgehead atoms. The van der Waals surface area contributed by atoms with Crippen LogP contribution in [0.2, 0.25) is 0 Å². The molecule has 2 rings (SSSR count). The minimum atomic E-state index is -2.36. The third-order valence-electron chi connectivity index (χ3n) is 4.48. The number of rotatable bonds is 5. The van der Waals surface area contributed by atoms with Crippen molar-refractivity contribution in [3.8, 4) is 0 Å². The quantitative estimate of drug-likeness (QED) is 0.139. The van der Waals surface area contributed by atoms with E-state index in [2.05, 4.69) is 19.2 Å². The first kappa shape index (κ1) is 22.2. The fraction of sp³-hybridized carbons (Fsp3) is 0.500. The van der Waals surface area contributed by atoms with Crippen LogP contribution in [0, 0.1) is 35.0 Å². The molecule has 0 saturated heterocycles. The Labute approximate surface area is 164 Å². The lowest BCUT2D eigenvalue weighted by Gasteiger charge is -2.41. The maximum atomic E-state index is 13.8. The van der Waals surface area contributed by atoms with Crippen LogP contribution in [-0.4, -0.2) is 10.9 Å². The maximum absolute atomic E-state index is 13.8. The number of hydrogen-bond donors (Lipinski definition) is 1. The van der Waals surface area contributed by atoms with Gasteiger partial charge in [0.15, 0.2) is 23.3 Å². The summed E-state index contributed by atoms with van der Waals surface area (Å²) in [6.07, 6.45) is -0.550. The molecule has 146 valence electrons. The maximum Gasteiger partial charge on any atom is 0.200 e. The van der Waals surface area contributed by atoms with E-state index in [1.165, 1.54) is 0 Å². The molecule has 0 aliphatic heterocycles. The van der Waals surface area contributed by atoms with E-state index in [9.17, 15) is 22.0 Å². The van der Waals surface area contributed by atoms with Gasteiger partial charge in [-0.25, -0.2) is 22.0 Å². The summed E-state index contributed by atoms with van der Waals surface area (Å²) in [4.78, 5) is -1.00. The van der Waals surface area contributed by atoms with Gasteiger partial charge in [-0.2, -0.15) is 12.6 Å². The summed E-state index contributed by atoms with van der Waals surface area (Å²) in [5.74, 6) is -9.74. The highest BCUT2D eigenvalue weighted by molar-refractivity contribution is 8.62. The summed E-state index contributed by atoms with van der Waals surface area (Å²) in [5.41, 5.74) is 0.994. The van der Waals surface area contributed by atoms with Crippen LogP contribution in [0.25, 0.3) is 0 Å². The average Bonchev–Trinajstić information content (AvgIpc) is 2.56. The van der Waals surface area contributed by atoms with Crippen LogP contribution in [0.15, 0.2) is 17.0 Å². The molecule has 1 fully saturated rings. The van der Waals surface area contributed by atoms with E-state index < -0.39 is 51.0 Å². The van der Waals surface area contributed by atoms with E-state index in [-0.39, 0.29) is 5.92 Å². The average molecular weight is 448 g/mol. The zero-order chi connectivity index (χ0) is 19.8. The van der Waals surface area contributed by atoms with Crippen molar-refractivity contribution in [1.29, 1.82) is 0 Å². The topological polar surface area (TPSA) is 9.23 Å². The van der Waals surface area contributed by atoms with Gasteiger partial charge in [0, 0.05) is 4.75 Å². The van der Waals surface area contributed by atoms with Crippen molar-refractivity contribution in [2.24, 2.45) is 5.92 Å². The molecule has 26 heavy (non-hydrogen) atoms. The first-order valence-corrected chi connectivity index (χ1v) is 12.3. The Morgan fingerprint density at radius 1 is 1.19 bits per heavy atom. The molecule has 1 saturated carbocycles. The number of hydrogen-bond acceptors (Lipinski definition) is 4. The standard InChI is InChI=1S/C16H18F5OPS3/c1-7(2)8-4-5-16(3,24)9(6-8)22-23(25)26-15-13(20)11(18)10(17)12(19)14(15)21/h8-9,23-24H,1,4-6H2,2-3H3/t8-,9+,16+/m1/s1. The van der Waals surface area contributed by atoms with E-state index in [0.29, 0.717) is 17.8 Å². The molecule has 4 atom stereocenters. The summed E-state index contributed by atoms with van der Waals surface area (Å²) in [5, 5.41) is 0. The second-order valence-corrected chi connectivity index (χ2v) is 12.5. The Bertz CT molecular complexity index is 727. The number of halogens is 5. The van der Waals surface area contributed by atoms with Crippen LogP contribution in [0.5, 0.6) is 0 Å². The Kier molecular flexibility index (Phi) is 7.27. The molecule has 10 heteroatoms. The van der Waals surface area contributed by atoms with Crippen LogP contribution in [0.4, 0.5) is 22.0 Å². The molecule has 0 heterocycles. The van der Waals surface area contributed by atoms with Gasteiger partial charge in [-0.05, 0) is 39.0 Å². The smallest absolute Gasteiger partial charge is 0.200 e. The van der Waals surface area contributed by atoms with Gasteiger partial charge in [-0.15, -0.1) is 0 Å². The van der Waals surface area contributed by atoms with Crippen LogP contribution in [-0.2, 0) is 16.3 Å². The molecule has 1 aromatic rings. The monoisotopic (exact) mass is 448 g/mol. The third-order valence-corrected chi connectivity index (χ3v) is 8.64. The Morgan fingerprint density at radius 3 is 2.19 bits per heavy atom. The number of thiol groups is 1. The van der Waals surface area contributed by atoms with Crippen molar-refractivity contribution >= 4 is 41.9 Å². The van der Waals surface area contributed by atoms with Crippen LogP contribution >= 0.6 is 30.1 Å². The van der Waals surface area contributed by atoms with Crippen LogP contribution < -0.4 is 0 Å². The number of allylic oxidation sites excluding steroid dienone is 1. The normalized spacial score (nSPS) is 27.4. The van der Waals surface area contributed by atoms with Crippen LogP contribution in [0.3, 0.4) is 0 Å². The second kappa shape index (κ2) is 8.52. The lowest BCUT2D eigenvalue weighted by molar-refractivity contribution is 0.122. The number of benzene rings is 1. The first-order valence-electron chi connectivity index (χ1n) is 7.73.